The summed E-state index contributed by atoms with van der Waals surface area (Å²) in [4.78, 5) is 26.5. The van der Waals surface area contributed by atoms with E-state index in [2.05, 4.69) is 6.07 Å². The number of nitriles is 1. The quantitative estimate of drug-likeness (QED) is 0.783. The van der Waals surface area contributed by atoms with E-state index in [0.717, 1.165) is 24.8 Å². The van der Waals surface area contributed by atoms with E-state index < -0.39 is 6.04 Å². The number of ether oxygens (including phenoxy) is 1. The fourth-order valence-electron chi connectivity index (χ4n) is 3.63. The fourth-order valence-corrected chi connectivity index (χ4v) is 3.63. The molecule has 2 aliphatic heterocycles. The molecule has 1 aromatic rings. The Balaban J connectivity index is 1.84. The summed E-state index contributed by atoms with van der Waals surface area (Å²) in [5, 5.41) is 8.86. The van der Waals surface area contributed by atoms with Crippen molar-refractivity contribution in [3.05, 3.63) is 35.4 Å². The lowest BCUT2D eigenvalue weighted by Gasteiger charge is -2.37. The zero-order valence-electron chi connectivity index (χ0n) is 12.5. The zero-order valence-corrected chi connectivity index (χ0v) is 12.5. The largest absolute Gasteiger partial charge is 0.467 e. The van der Waals surface area contributed by atoms with Crippen molar-refractivity contribution in [2.45, 2.75) is 43.7 Å². The molecule has 3 rings (SSSR count). The van der Waals surface area contributed by atoms with E-state index in [1.54, 1.807) is 17.0 Å². The van der Waals surface area contributed by atoms with Crippen LogP contribution >= 0.6 is 0 Å². The van der Waals surface area contributed by atoms with E-state index in [-0.39, 0.29) is 23.8 Å². The number of piperidine rings is 1. The summed E-state index contributed by atoms with van der Waals surface area (Å²) in [5.41, 5.74) is 1.50. The second-order valence-electron chi connectivity index (χ2n) is 5.88. The van der Waals surface area contributed by atoms with Gasteiger partial charge in [0, 0.05) is 6.04 Å². The Bertz CT molecular complexity index is 632. The lowest BCUT2D eigenvalue weighted by Crippen LogP contribution is -2.50. The van der Waals surface area contributed by atoms with Crippen molar-refractivity contribution in [2.24, 2.45) is 0 Å². The molecule has 0 aliphatic carbocycles. The highest BCUT2D eigenvalue weighted by molar-refractivity contribution is 5.90. The van der Waals surface area contributed by atoms with Gasteiger partial charge in [0.15, 0.2) is 0 Å². The zero-order chi connectivity index (χ0) is 15.7. The van der Waals surface area contributed by atoms with Crippen LogP contribution in [0.2, 0.25) is 0 Å². The molecule has 2 fully saturated rings. The maximum absolute atomic E-state index is 12.8. The Hall–Kier alpha value is -2.35. The van der Waals surface area contributed by atoms with Gasteiger partial charge in [-0.1, -0.05) is 12.1 Å². The number of methoxy groups -OCH3 is 1. The van der Waals surface area contributed by atoms with Crippen LogP contribution in [0.1, 0.15) is 42.7 Å². The van der Waals surface area contributed by atoms with Crippen molar-refractivity contribution >= 4 is 11.9 Å². The minimum absolute atomic E-state index is 0.00820. The number of amides is 1. The minimum atomic E-state index is -0.441. The summed E-state index contributed by atoms with van der Waals surface area (Å²) in [6.45, 7) is 0. The predicted molar refractivity (Wildman–Crippen MR) is 78.8 cm³/mol. The maximum atomic E-state index is 12.8. The molecular weight excluding hydrogens is 280 g/mol. The highest BCUT2D eigenvalue weighted by Crippen LogP contribution is 2.39. The van der Waals surface area contributed by atoms with Gasteiger partial charge in [-0.2, -0.15) is 5.26 Å². The van der Waals surface area contributed by atoms with E-state index in [0.29, 0.717) is 12.0 Å². The Morgan fingerprint density at radius 2 is 1.91 bits per heavy atom. The fraction of sp³-hybridized carbons (Fsp3) is 0.471. The van der Waals surface area contributed by atoms with Gasteiger partial charge in [-0.3, -0.25) is 4.79 Å². The standard InChI is InChI=1S/C17H18N2O3/c1-22-17(21)15-9-7-13-6-8-14(16(20)19(13)15)12-4-2-11(10-18)3-5-12/h2-5,13-15H,6-9H2,1H3/t13-,14?,15?/m0/s1. The van der Waals surface area contributed by atoms with Gasteiger partial charge in [0.05, 0.1) is 24.7 Å². The van der Waals surface area contributed by atoms with Crippen LogP contribution in [0.4, 0.5) is 0 Å². The summed E-state index contributed by atoms with van der Waals surface area (Å²) in [7, 11) is 1.36. The third-order valence-electron chi connectivity index (χ3n) is 4.76. The van der Waals surface area contributed by atoms with Crippen LogP contribution < -0.4 is 0 Å². The lowest BCUT2D eigenvalue weighted by molar-refractivity contribution is -0.154. The van der Waals surface area contributed by atoms with E-state index in [9.17, 15) is 9.59 Å². The van der Waals surface area contributed by atoms with Gasteiger partial charge in [0.1, 0.15) is 6.04 Å². The van der Waals surface area contributed by atoms with Gasteiger partial charge in [-0.05, 0) is 43.4 Å². The molecule has 0 radical (unpaired) electrons. The third kappa shape index (κ3) is 2.35. The molecule has 5 heteroatoms. The number of hydrogen-bond donors (Lipinski definition) is 0. The van der Waals surface area contributed by atoms with Crippen molar-refractivity contribution in [2.75, 3.05) is 7.11 Å². The summed E-state index contributed by atoms with van der Waals surface area (Å²) < 4.78 is 4.83. The molecule has 2 unspecified atom stereocenters. The first-order valence-corrected chi connectivity index (χ1v) is 7.55. The molecule has 22 heavy (non-hydrogen) atoms. The Morgan fingerprint density at radius 1 is 1.23 bits per heavy atom. The number of hydrogen-bond acceptors (Lipinski definition) is 4. The molecule has 0 N–H and O–H groups in total. The first-order chi connectivity index (χ1) is 10.7. The smallest absolute Gasteiger partial charge is 0.328 e. The van der Waals surface area contributed by atoms with Crippen molar-refractivity contribution in [1.29, 1.82) is 5.26 Å². The molecule has 0 bridgehead atoms. The SMILES string of the molecule is COC(=O)C1CC[C@@H]2CCC(c3ccc(C#N)cc3)C(=O)N12. The van der Waals surface area contributed by atoms with Crippen molar-refractivity contribution in [1.82, 2.24) is 4.90 Å². The van der Waals surface area contributed by atoms with Crippen LogP contribution in [0.5, 0.6) is 0 Å². The van der Waals surface area contributed by atoms with E-state index >= 15 is 0 Å². The number of nitrogens with zero attached hydrogens (tertiary/aromatic N) is 2. The van der Waals surface area contributed by atoms with Crippen molar-refractivity contribution in [3.63, 3.8) is 0 Å². The van der Waals surface area contributed by atoms with Gasteiger partial charge in [-0.25, -0.2) is 4.79 Å². The molecule has 1 amide bonds. The maximum Gasteiger partial charge on any atom is 0.328 e. The van der Waals surface area contributed by atoms with Crippen molar-refractivity contribution in [3.8, 4) is 6.07 Å². The van der Waals surface area contributed by atoms with Crippen LogP contribution in [-0.2, 0) is 14.3 Å². The topological polar surface area (TPSA) is 70.4 Å². The number of fused-ring (bicyclic) bond motifs is 1. The van der Waals surface area contributed by atoms with E-state index in [1.165, 1.54) is 7.11 Å². The second-order valence-corrected chi connectivity index (χ2v) is 5.88. The van der Waals surface area contributed by atoms with Gasteiger partial charge < -0.3 is 9.64 Å². The highest BCUT2D eigenvalue weighted by Gasteiger charge is 2.46. The molecule has 0 aromatic heterocycles. The third-order valence-corrected chi connectivity index (χ3v) is 4.76. The average molecular weight is 298 g/mol. The molecule has 2 saturated heterocycles. The lowest BCUT2D eigenvalue weighted by atomic mass is 9.86. The predicted octanol–water partition coefficient (Wildman–Crippen LogP) is 1.97. The molecule has 3 atom stereocenters. The molecule has 114 valence electrons. The Kier molecular flexibility index (Phi) is 3.84. The summed E-state index contributed by atoms with van der Waals surface area (Å²) in [6, 6.07) is 8.94. The van der Waals surface area contributed by atoms with Crippen LogP contribution in [0.25, 0.3) is 0 Å². The monoisotopic (exact) mass is 298 g/mol. The van der Waals surface area contributed by atoms with Gasteiger partial charge in [0.2, 0.25) is 5.91 Å². The number of benzene rings is 1. The van der Waals surface area contributed by atoms with Crippen molar-refractivity contribution < 1.29 is 14.3 Å². The first-order valence-electron chi connectivity index (χ1n) is 7.55. The Labute approximate surface area is 129 Å². The second kappa shape index (κ2) is 5.80. The molecule has 5 nitrogen and oxygen atoms in total. The van der Waals surface area contributed by atoms with Crippen LogP contribution in [-0.4, -0.2) is 36.0 Å². The summed E-state index contributed by atoms with van der Waals surface area (Å²) >= 11 is 0. The van der Waals surface area contributed by atoms with Crippen LogP contribution in [0, 0.1) is 11.3 Å². The molecule has 1 aromatic carbocycles. The van der Waals surface area contributed by atoms with Gasteiger partial charge >= 0.3 is 5.97 Å². The average Bonchev–Trinajstić information content (AvgIpc) is 2.99. The molecule has 2 aliphatic rings. The first kappa shape index (κ1) is 14.6. The minimum Gasteiger partial charge on any atom is -0.467 e. The number of esters is 1. The highest BCUT2D eigenvalue weighted by atomic mass is 16.5. The molecular formula is C17H18N2O3. The van der Waals surface area contributed by atoms with E-state index in [1.807, 2.05) is 12.1 Å². The number of rotatable bonds is 2. The molecule has 0 saturated carbocycles. The molecule has 2 heterocycles. The summed E-state index contributed by atoms with van der Waals surface area (Å²) in [5.74, 6) is -0.542. The summed E-state index contributed by atoms with van der Waals surface area (Å²) in [6.07, 6.45) is 3.25. The van der Waals surface area contributed by atoms with Gasteiger partial charge in [0.25, 0.3) is 0 Å². The number of carbonyl (C=O) groups excluding carboxylic acids is 2. The van der Waals surface area contributed by atoms with E-state index in [4.69, 9.17) is 10.00 Å². The Morgan fingerprint density at radius 3 is 2.55 bits per heavy atom. The van der Waals surface area contributed by atoms with Gasteiger partial charge in [-0.15, -0.1) is 0 Å². The normalized spacial score (nSPS) is 27.2. The number of carbonyl (C=O) groups is 2. The molecule has 0 spiro atoms. The van der Waals surface area contributed by atoms with Crippen LogP contribution in [0.3, 0.4) is 0 Å². The van der Waals surface area contributed by atoms with Crippen LogP contribution in [0.15, 0.2) is 24.3 Å².